The molecule has 6 nitrogen and oxygen atoms in total. The largest absolute Gasteiger partial charge is 0.311 e. The average molecular weight is 364 g/mol. The van der Waals surface area contributed by atoms with Gasteiger partial charge < -0.3 is 10.2 Å². The predicted molar refractivity (Wildman–Crippen MR) is 105 cm³/mol. The molecule has 3 heterocycles. The van der Waals surface area contributed by atoms with Gasteiger partial charge >= 0.3 is 0 Å². The first-order valence-electron chi connectivity index (χ1n) is 9.13. The van der Waals surface area contributed by atoms with Gasteiger partial charge in [0, 0.05) is 18.5 Å². The minimum Gasteiger partial charge on any atom is -0.311 e. The highest BCUT2D eigenvalue weighted by Gasteiger charge is 2.57. The zero-order valence-electron chi connectivity index (χ0n) is 16.2. The Bertz CT molecular complexity index is 983. The average Bonchev–Trinajstić information content (AvgIpc) is 3.10. The molecule has 2 aliphatic rings. The van der Waals surface area contributed by atoms with Crippen LogP contribution in [0.25, 0.3) is 0 Å². The molecule has 1 atom stereocenters. The van der Waals surface area contributed by atoms with Crippen LogP contribution >= 0.6 is 0 Å². The molecule has 27 heavy (non-hydrogen) atoms. The summed E-state index contributed by atoms with van der Waals surface area (Å²) in [5, 5.41) is 7.48. The van der Waals surface area contributed by atoms with Crippen LogP contribution < -0.4 is 10.2 Å². The van der Waals surface area contributed by atoms with Crippen LogP contribution in [0.15, 0.2) is 37.1 Å². The first-order valence-corrected chi connectivity index (χ1v) is 9.13. The normalized spacial score (nSPS) is 21.3. The summed E-state index contributed by atoms with van der Waals surface area (Å²) in [7, 11) is 0. The van der Waals surface area contributed by atoms with Gasteiger partial charge in [-0.3, -0.25) is 9.59 Å². The molecular formula is C21H24N4O2. The number of aromatic nitrogens is 2. The number of hydrogen-bond acceptors (Lipinski definition) is 3. The van der Waals surface area contributed by atoms with E-state index in [1.807, 2.05) is 45.9 Å². The van der Waals surface area contributed by atoms with Gasteiger partial charge in [-0.05, 0) is 38.8 Å². The zero-order chi connectivity index (χ0) is 19.6. The maximum atomic E-state index is 13.7. The molecule has 0 saturated carbocycles. The second-order valence-corrected chi connectivity index (χ2v) is 8.30. The Labute approximate surface area is 158 Å². The summed E-state index contributed by atoms with van der Waals surface area (Å²) in [5.74, 6) is 0.353. The van der Waals surface area contributed by atoms with Crippen LogP contribution in [0, 0.1) is 6.92 Å². The van der Waals surface area contributed by atoms with Crippen molar-refractivity contribution in [3.05, 3.63) is 53.7 Å². The SMILES string of the molecule is C=CCN1C(=O)[C@@]2(CC(=O)Nc3c2cnn3C(C)(C)C)c2cccc(C)c21. The molecule has 0 fully saturated rings. The Morgan fingerprint density at radius 2 is 2.04 bits per heavy atom. The molecule has 4 rings (SSSR count). The second kappa shape index (κ2) is 5.55. The Morgan fingerprint density at radius 3 is 2.70 bits per heavy atom. The van der Waals surface area contributed by atoms with E-state index in [1.165, 1.54) is 0 Å². The highest BCUT2D eigenvalue weighted by atomic mass is 16.2. The maximum absolute atomic E-state index is 13.7. The highest BCUT2D eigenvalue weighted by molar-refractivity contribution is 6.16. The van der Waals surface area contributed by atoms with E-state index in [9.17, 15) is 9.59 Å². The molecule has 2 amide bonds. The van der Waals surface area contributed by atoms with E-state index in [2.05, 4.69) is 17.0 Å². The lowest BCUT2D eigenvalue weighted by molar-refractivity contribution is -0.126. The number of amides is 2. The summed E-state index contributed by atoms with van der Waals surface area (Å²) < 4.78 is 1.79. The van der Waals surface area contributed by atoms with Crippen LogP contribution in [0.1, 0.15) is 43.9 Å². The Balaban J connectivity index is 2.04. The fourth-order valence-corrected chi connectivity index (χ4v) is 4.35. The van der Waals surface area contributed by atoms with Gasteiger partial charge in [0.05, 0.1) is 17.4 Å². The molecule has 1 spiro atoms. The van der Waals surface area contributed by atoms with E-state index < -0.39 is 5.41 Å². The molecule has 6 heteroatoms. The molecule has 140 valence electrons. The van der Waals surface area contributed by atoms with E-state index in [-0.39, 0.29) is 23.8 Å². The van der Waals surface area contributed by atoms with E-state index in [4.69, 9.17) is 0 Å². The minimum absolute atomic E-state index is 0.0821. The van der Waals surface area contributed by atoms with Crippen LogP contribution in [0.2, 0.25) is 0 Å². The van der Waals surface area contributed by atoms with Crippen molar-refractivity contribution < 1.29 is 9.59 Å². The van der Waals surface area contributed by atoms with Crippen LogP contribution in [-0.2, 0) is 20.5 Å². The molecular weight excluding hydrogens is 340 g/mol. The second-order valence-electron chi connectivity index (χ2n) is 8.30. The fraction of sp³-hybridized carbons (Fsp3) is 0.381. The predicted octanol–water partition coefficient (Wildman–Crippen LogP) is 3.11. The molecule has 0 radical (unpaired) electrons. The molecule has 0 aliphatic carbocycles. The number of nitrogens with one attached hydrogen (secondary N) is 1. The summed E-state index contributed by atoms with van der Waals surface area (Å²) in [6, 6.07) is 5.89. The Hall–Kier alpha value is -2.89. The molecule has 0 unspecified atom stereocenters. The lowest BCUT2D eigenvalue weighted by Crippen LogP contribution is -2.47. The van der Waals surface area contributed by atoms with Crippen molar-refractivity contribution in [3.8, 4) is 0 Å². The van der Waals surface area contributed by atoms with Gasteiger partial charge in [0.15, 0.2) is 0 Å². The molecule has 0 bridgehead atoms. The summed E-state index contributed by atoms with van der Waals surface area (Å²) >= 11 is 0. The maximum Gasteiger partial charge on any atom is 0.243 e. The van der Waals surface area contributed by atoms with Gasteiger partial charge in [0.1, 0.15) is 11.2 Å². The molecule has 0 saturated heterocycles. The zero-order valence-corrected chi connectivity index (χ0v) is 16.2. The molecule has 1 N–H and O–H groups in total. The van der Waals surface area contributed by atoms with E-state index in [0.717, 1.165) is 22.4 Å². The van der Waals surface area contributed by atoms with E-state index in [1.54, 1.807) is 21.9 Å². The number of rotatable bonds is 2. The van der Waals surface area contributed by atoms with Crippen LogP contribution in [0.5, 0.6) is 0 Å². The van der Waals surface area contributed by atoms with Crippen LogP contribution in [0.4, 0.5) is 11.5 Å². The van der Waals surface area contributed by atoms with E-state index in [0.29, 0.717) is 12.4 Å². The molecule has 2 aliphatic heterocycles. The molecule has 1 aromatic heterocycles. The number of nitrogens with zero attached hydrogens (tertiary/aromatic N) is 3. The number of carbonyl (C=O) groups is 2. The van der Waals surface area contributed by atoms with Gasteiger partial charge in [-0.1, -0.05) is 24.3 Å². The smallest absolute Gasteiger partial charge is 0.243 e. The number of aryl methyl sites for hydroxylation is 1. The topological polar surface area (TPSA) is 67.2 Å². The van der Waals surface area contributed by atoms with Crippen LogP contribution in [0.3, 0.4) is 0 Å². The monoisotopic (exact) mass is 364 g/mol. The lowest BCUT2D eigenvalue weighted by atomic mass is 9.71. The minimum atomic E-state index is -1.04. The van der Waals surface area contributed by atoms with Crippen molar-refractivity contribution >= 4 is 23.3 Å². The standard InChI is InChI=1S/C21H24N4O2/c1-6-10-24-17-13(2)8-7-9-14(17)21(19(24)27)11-16(26)23-18-15(21)12-22-25(18)20(3,4)5/h6-9,12H,1,10-11H2,2-5H3,(H,23,26)/t21-/m0/s1. The number of para-hydroxylation sites is 1. The fourth-order valence-electron chi connectivity index (χ4n) is 4.35. The van der Waals surface area contributed by atoms with E-state index >= 15 is 0 Å². The van der Waals surface area contributed by atoms with Crippen molar-refractivity contribution in [2.45, 2.75) is 45.1 Å². The van der Waals surface area contributed by atoms with Gasteiger partial charge in [0.2, 0.25) is 11.8 Å². The number of anilines is 2. The van der Waals surface area contributed by atoms with Gasteiger partial charge in [-0.2, -0.15) is 5.10 Å². The lowest BCUT2D eigenvalue weighted by Gasteiger charge is -2.34. The molecule has 1 aromatic carbocycles. The van der Waals surface area contributed by atoms with Crippen molar-refractivity contribution in [3.63, 3.8) is 0 Å². The highest BCUT2D eigenvalue weighted by Crippen LogP contribution is 2.53. The van der Waals surface area contributed by atoms with Crippen molar-refractivity contribution in [2.24, 2.45) is 0 Å². The first-order chi connectivity index (χ1) is 12.7. The Morgan fingerprint density at radius 1 is 1.30 bits per heavy atom. The summed E-state index contributed by atoms with van der Waals surface area (Å²) in [6.45, 7) is 12.3. The van der Waals surface area contributed by atoms with Crippen molar-refractivity contribution in [2.75, 3.05) is 16.8 Å². The van der Waals surface area contributed by atoms with Gasteiger partial charge in [-0.15, -0.1) is 6.58 Å². The molecule has 2 aromatic rings. The third kappa shape index (κ3) is 2.22. The third-order valence-electron chi connectivity index (χ3n) is 5.44. The van der Waals surface area contributed by atoms with Gasteiger partial charge in [-0.25, -0.2) is 4.68 Å². The summed E-state index contributed by atoms with van der Waals surface area (Å²) in [4.78, 5) is 28.2. The number of carbonyl (C=O) groups excluding carboxylic acids is 2. The van der Waals surface area contributed by atoms with Crippen molar-refractivity contribution in [1.82, 2.24) is 9.78 Å². The first kappa shape index (κ1) is 17.5. The summed E-state index contributed by atoms with van der Waals surface area (Å²) in [5.41, 5.74) is 2.17. The number of hydrogen-bond donors (Lipinski definition) is 1. The van der Waals surface area contributed by atoms with Gasteiger partial charge in [0.25, 0.3) is 0 Å². The number of benzene rings is 1. The van der Waals surface area contributed by atoms with Crippen molar-refractivity contribution in [1.29, 1.82) is 0 Å². The van der Waals surface area contributed by atoms with Crippen LogP contribution in [-0.4, -0.2) is 28.1 Å². The quantitative estimate of drug-likeness (QED) is 0.833. The third-order valence-corrected chi connectivity index (χ3v) is 5.44. The summed E-state index contributed by atoms with van der Waals surface area (Å²) in [6.07, 6.45) is 3.54. The number of fused-ring (bicyclic) bond motifs is 4. The Kier molecular flexibility index (Phi) is 3.60.